The van der Waals surface area contributed by atoms with Crippen molar-refractivity contribution in [2.24, 2.45) is 0 Å². The molecular formula is C26H27N3O3. The van der Waals surface area contributed by atoms with Gasteiger partial charge in [0.25, 0.3) is 0 Å². The summed E-state index contributed by atoms with van der Waals surface area (Å²) in [5, 5.41) is 3.53. The van der Waals surface area contributed by atoms with Crippen LogP contribution in [0.4, 0.5) is 0 Å². The van der Waals surface area contributed by atoms with Gasteiger partial charge in [-0.1, -0.05) is 30.3 Å². The van der Waals surface area contributed by atoms with Gasteiger partial charge in [-0.3, -0.25) is 0 Å². The summed E-state index contributed by atoms with van der Waals surface area (Å²) in [6.07, 6.45) is 2.74. The van der Waals surface area contributed by atoms with Gasteiger partial charge in [-0.2, -0.15) is 0 Å². The molecule has 2 aromatic heterocycles. The molecule has 0 atom stereocenters. The predicted molar refractivity (Wildman–Crippen MR) is 125 cm³/mol. The zero-order valence-electron chi connectivity index (χ0n) is 18.4. The lowest BCUT2D eigenvalue weighted by Crippen LogP contribution is -2.18. The van der Waals surface area contributed by atoms with Crippen LogP contribution >= 0.6 is 0 Å². The number of pyridine rings is 1. The highest BCUT2D eigenvalue weighted by atomic mass is 16.5. The fourth-order valence-electron chi connectivity index (χ4n) is 3.66. The van der Waals surface area contributed by atoms with Crippen molar-refractivity contribution in [3.63, 3.8) is 0 Å². The Kier molecular flexibility index (Phi) is 6.82. The van der Waals surface area contributed by atoms with Crippen molar-refractivity contribution in [3.05, 3.63) is 89.7 Å². The number of fused-ring (bicyclic) bond motifs is 1. The van der Waals surface area contributed by atoms with Crippen LogP contribution < -0.4 is 10.1 Å². The number of hydrogen-bond acceptors (Lipinski definition) is 5. The van der Waals surface area contributed by atoms with Gasteiger partial charge in [0.1, 0.15) is 11.4 Å². The van der Waals surface area contributed by atoms with E-state index in [1.54, 1.807) is 20.1 Å². The number of rotatable bonds is 9. The van der Waals surface area contributed by atoms with Crippen LogP contribution in [-0.4, -0.2) is 35.6 Å². The van der Waals surface area contributed by atoms with E-state index in [1.807, 2.05) is 47.0 Å². The molecule has 0 radical (unpaired) electrons. The molecule has 0 aliphatic rings. The number of nitrogens with one attached hydrogen (secondary N) is 1. The van der Waals surface area contributed by atoms with E-state index >= 15 is 0 Å². The van der Waals surface area contributed by atoms with Crippen LogP contribution in [0.15, 0.2) is 72.9 Å². The van der Waals surface area contributed by atoms with Gasteiger partial charge in [-0.15, -0.1) is 0 Å². The van der Waals surface area contributed by atoms with Crippen LogP contribution in [0.2, 0.25) is 0 Å². The number of carbonyl (C=O) groups is 1. The van der Waals surface area contributed by atoms with Crippen LogP contribution in [0.3, 0.4) is 0 Å². The molecule has 2 aromatic carbocycles. The molecule has 0 saturated carbocycles. The van der Waals surface area contributed by atoms with Crippen molar-refractivity contribution in [2.45, 2.75) is 19.9 Å². The van der Waals surface area contributed by atoms with Crippen LogP contribution in [0, 0.1) is 0 Å². The van der Waals surface area contributed by atoms with Gasteiger partial charge in [0.15, 0.2) is 0 Å². The number of nitrogens with zero attached hydrogens (tertiary/aromatic N) is 2. The number of hydrogen-bond donors (Lipinski definition) is 1. The molecule has 1 N–H and O–H groups in total. The average Bonchev–Trinajstić information content (AvgIpc) is 3.20. The fourth-order valence-corrected chi connectivity index (χ4v) is 3.66. The van der Waals surface area contributed by atoms with Crippen molar-refractivity contribution < 1.29 is 14.3 Å². The number of esters is 1. The minimum atomic E-state index is -0.336. The number of aromatic nitrogens is 2. The second kappa shape index (κ2) is 10.1. The van der Waals surface area contributed by atoms with Crippen LogP contribution in [-0.2, 0) is 17.7 Å². The lowest BCUT2D eigenvalue weighted by atomic mass is 10.1. The molecule has 4 aromatic rings. The van der Waals surface area contributed by atoms with E-state index in [0.717, 1.165) is 41.3 Å². The molecule has 32 heavy (non-hydrogen) atoms. The lowest BCUT2D eigenvalue weighted by Gasteiger charge is -2.09. The summed E-state index contributed by atoms with van der Waals surface area (Å²) in [6.45, 7) is 3.59. The first-order chi connectivity index (χ1) is 15.7. The van der Waals surface area contributed by atoms with Gasteiger partial charge in [-0.25, -0.2) is 9.78 Å². The molecule has 0 saturated heterocycles. The number of carbonyl (C=O) groups excluding carboxylic acids is 1. The smallest absolute Gasteiger partial charge is 0.339 e. The fraction of sp³-hybridized carbons (Fsp3) is 0.231. The monoisotopic (exact) mass is 429 g/mol. The van der Waals surface area contributed by atoms with Crippen molar-refractivity contribution in [3.8, 4) is 17.0 Å². The molecular weight excluding hydrogens is 402 g/mol. The van der Waals surface area contributed by atoms with E-state index in [0.29, 0.717) is 18.7 Å². The second-order valence-electron chi connectivity index (χ2n) is 7.41. The van der Waals surface area contributed by atoms with Gasteiger partial charge in [0.2, 0.25) is 0 Å². The van der Waals surface area contributed by atoms with Gasteiger partial charge in [-0.05, 0) is 61.9 Å². The SMILES string of the molecule is CCOC(=O)c1ccc2nc(-c3ccc(OC)cc3)c(CNCCc3ccccc3)n2c1. The maximum atomic E-state index is 12.3. The topological polar surface area (TPSA) is 64.9 Å². The number of methoxy groups -OCH3 is 1. The van der Waals surface area contributed by atoms with E-state index in [1.165, 1.54) is 5.56 Å². The van der Waals surface area contributed by atoms with E-state index in [9.17, 15) is 4.79 Å². The highest BCUT2D eigenvalue weighted by Crippen LogP contribution is 2.27. The van der Waals surface area contributed by atoms with Gasteiger partial charge >= 0.3 is 5.97 Å². The first-order valence-electron chi connectivity index (χ1n) is 10.8. The number of imidazole rings is 1. The molecule has 4 rings (SSSR count). The van der Waals surface area contributed by atoms with Gasteiger partial charge in [0, 0.05) is 18.3 Å². The van der Waals surface area contributed by atoms with Crippen molar-refractivity contribution in [2.75, 3.05) is 20.3 Å². The Morgan fingerprint density at radius 3 is 2.53 bits per heavy atom. The zero-order valence-corrected chi connectivity index (χ0v) is 18.4. The summed E-state index contributed by atoms with van der Waals surface area (Å²) in [6, 6.07) is 21.9. The Morgan fingerprint density at radius 2 is 1.81 bits per heavy atom. The van der Waals surface area contributed by atoms with Crippen molar-refractivity contribution in [1.29, 1.82) is 0 Å². The molecule has 2 heterocycles. The molecule has 0 unspecified atom stereocenters. The quantitative estimate of drug-likeness (QED) is 0.313. The Bertz CT molecular complexity index is 1180. The van der Waals surface area contributed by atoms with E-state index < -0.39 is 0 Å². The lowest BCUT2D eigenvalue weighted by molar-refractivity contribution is 0.0525. The Labute approximate surface area is 187 Å². The summed E-state index contributed by atoms with van der Waals surface area (Å²) in [7, 11) is 1.65. The summed E-state index contributed by atoms with van der Waals surface area (Å²) in [5.74, 6) is 0.460. The molecule has 0 amide bonds. The highest BCUT2D eigenvalue weighted by molar-refractivity contribution is 5.89. The summed E-state index contributed by atoms with van der Waals surface area (Å²) in [5.41, 5.74) is 5.43. The first-order valence-corrected chi connectivity index (χ1v) is 10.8. The molecule has 0 aliphatic heterocycles. The third kappa shape index (κ3) is 4.81. The molecule has 0 spiro atoms. The third-order valence-corrected chi connectivity index (χ3v) is 5.32. The minimum Gasteiger partial charge on any atom is -0.497 e. The van der Waals surface area contributed by atoms with E-state index in [-0.39, 0.29) is 5.97 Å². The minimum absolute atomic E-state index is 0.336. The van der Waals surface area contributed by atoms with Crippen LogP contribution in [0.1, 0.15) is 28.5 Å². The Balaban J connectivity index is 1.64. The largest absolute Gasteiger partial charge is 0.497 e. The summed E-state index contributed by atoms with van der Waals surface area (Å²) < 4.78 is 12.4. The maximum absolute atomic E-state index is 12.3. The Hall–Kier alpha value is -3.64. The molecule has 0 aliphatic carbocycles. The van der Waals surface area contributed by atoms with Gasteiger partial charge in [0.05, 0.1) is 30.7 Å². The van der Waals surface area contributed by atoms with Gasteiger partial charge < -0.3 is 19.2 Å². The third-order valence-electron chi connectivity index (χ3n) is 5.32. The molecule has 6 nitrogen and oxygen atoms in total. The second-order valence-corrected chi connectivity index (χ2v) is 7.41. The Morgan fingerprint density at radius 1 is 1.03 bits per heavy atom. The molecule has 0 fully saturated rings. The summed E-state index contributed by atoms with van der Waals surface area (Å²) >= 11 is 0. The maximum Gasteiger partial charge on any atom is 0.339 e. The van der Waals surface area contributed by atoms with Crippen LogP contribution in [0.5, 0.6) is 5.75 Å². The number of ether oxygens (including phenoxy) is 2. The molecule has 6 heteroatoms. The van der Waals surface area contributed by atoms with E-state index in [4.69, 9.17) is 14.5 Å². The average molecular weight is 430 g/mol. The standard InChI is InChI=1S/C26H27N3O3/c1-3-32-26(30)21-11-14-24-28-25(20-9-12-22(31-2)13-10-20)23(29(24)18-21)17-27-16-15-19-7-5-4-6-8-19/h4-14,18,27H,3,15-17H2,1-2H3. The predicted octanol–water partition coefficient (Wildman–Crippen LogP) is 4.52. The normalized spacial score (nSPS) is 10.9. The van der Waals surface area contributed by atoms with E-state index in [2.05, 4.69) is 29.6 Å². The highest BCUT2D eigenvalue weighted by Gasteiger charge is 2.16. The summed E-state index contributed by atoms with van der Waals surface area (Å²) in [4.78, 5) is 17.1. The zero-order chi connectivity index (χ0) is 22.3. The molecule has 164 valence electrons. The number of benzene rings is 2. The molecule has 0 bridgehead atoms. The first kappa shape index (κ1) is 21.6. The van der Waals surface area contributed by atoms with Crippen LogP contribution in [0.25, 0.3) is 16.9 Å². The van der Waals surface area contributed by atoms with Crippen molar-refractivity contribution in [1.82, 2.24) is 14.7 Å². The van der Waals surface area contributed by atoms with Crippen molar-refractivity contribution >= 4 is 11.6 Å².